The summed E-state index contributed by atoms with van der Waals surface area (Å²) in [5.74, 6) is 7.03. The molecule has 19 heavy (non-hydrogen) atoms. The van der Waals surface area contributed by atoms with Crippen LogP contribution in [0.3, 0.4) is 0 Å². The molecule has 5 heteroatoms. The zero-order valence-corrected chi connectivity index (χ0v) is 12.6. The van der Waals surface area contributed by atoms with Crippen molar-refractivity contribution in [3.63, 3.8) is 0 Å². The molecule has 0 N–H and O–H groups in total. The standard InChI is InChI=1S/C14H17ClO3S/c1-12-6-7-14(18-9-10-19(2,16)17)13(11-12)5-3-4-8-15/h6-7,11H,4,8-10H2,1-2H3. The molecule has 0 spiro atoms. The van der Waals surface area contributed by atoms with Crippen molar-refractivity contribution >= 4 is 21.4 Å². The quantitative estimate of drug-likeness (QED) is 0.619. The molecule has 0 aliphatic heterocycles. The van der Waals surface area contributed by atoms with Crippen molar-refractivity contribution in [3.05, 3.63) is 29.3 Å². The summed E-state index contributed by atoms with van der Waals surface area (Å²) >= 11 is 5.57. The smallest absolute Gasteiger partial charge is 0.150 e. The van der Waals surface area contributed by atoms with Crippen LogP contribution in [-0.2, 0) is 9.84 Å². The average Bonchev–Trinajstić information content (AvgIpc) is 2.30. The molecule has 0 atom stereocenters. The Bertz CT molecular complexity index is 582. The third kappa shape index (κ3) is 6.51. The largest absolute Gasteiger partial charge is 0.491 e. The van der Waals surface area contributed by atoms with Crippen molar-refractivity contribution in [2.45, 2.75) is 13.3 Å². The molecule has 1 aromatic carbocycles. The van der Waals surface area contributed by atoms with Gasteiger partial charge in [0, 0.05) is 18.6 Å². The van der Waals surface area contributed by atoms with Crippen molar-refractivity contribution in [2.75, 3.05) is 24.5 Å². The van der Waals surface area contributed by atoms with E-state index in [0.29, 0.717) is 18.1 Å². The lowest BCUT2D eigenvalue weighted by Gasteiger charge is -2.08. The van der Waals surface area contributed by atoms with Crippen LogP contribution in [0.25, 0.3) is 0 Å². The van der Waals surface area contributed by atoms with Crippen LogP contribution in [0.15, 0.2) is 18.2 Å². The normalized spacial score (nSPS) is 10.7. The number of sulfone groups is 1. The molecule has 0 aliphatic carbocycles. The first-order chi connectivity index (χ1) is 8.92. The summed E-state index contributed by atoms with van der Waals surface area (Å²) in [4.78, 5) is 0. The Morgan fingerprint density at radius 2 is 2.11 bits per heavy atom. The zero-order chi connectivity index (χ0) is 14.3. The molecule has 0 saturated carbocycles. The monoisotopic (exact) mass is 300 g/mol. The molecular formula is C14H17ClO3S. The SMILES string of the molecule is Cc1ccc(OCCS(C)(=O)=O)c(C#CCCCl)c1. The van der Waals surface area contributed by atoms with Crippen LogP contribution < -0.4 is 4.74 Å². The fraction of sp³-hybridized carbons (Fsp3) is 0.429. The van der Waals surface area contributed by atoms with E-state index in [1.54, 1.807) is 0 Å². The second kappa shape index (κ2) is 7.42. The molecule has 0 amide bonds. The fourth-order valence-corrected chi connectivity index (χ4v) is 1.86. The minimum Gasteiger partial charge on any atom is -0.491 e. The topological polar surface area (TPSA) is 43.4 Å². The molecule has 0 aromatic heterocycles. The Morgan fingerprint density at radius 1 is 1.37 bits per heavy atom. The van der Waals surface area contributed by atoms with E-state index >= 15 is 0 Å². The fourth-order valence-electron chi connectivity index (χ4n) is 1.38. The molecular weight excluding hydrogens is 284 g/mol. The highest BCUT2D eigenvalue weighted by Crippen LogP contribution is 2.19. The minimum absolute atomic E-state index is 0.00454. The van der Waals surface area contributed by atoms with Crippen LogP contribution in [0.2, 0.25) is 0 Å². The van der Waals surface area contributed by atoms with Crippen LogP contribution in [0.1, 0.15) is 17.5 Å². The van der Waals surface area contributed by atoms with Gasteiger partial charge in [0.1, 0.15) is 12.4 Å². The van der Waals surface area contributed by atoms with Crippen LogP contribution in [0.5, 0.6) is 5.75 Å². The number of rotatable bonds is 5. The number of hydrogen-bond acceptors (Lipinski definition) is 3. The van der Waals surface area contributed by atoms with Gasteiger partial charge in [0.25, 0.3) is 0 Å². The average molecular weight is 301 g/mol. The minimum atomic E-state index is -3.01. The lowest BCUT2D eigenvalue weighted by Crippen LogP contribution is -2.12. The molecule has 0 aliphatic rings. The van der Waals surface area contributed by atoms with Gasteiger partial charge in [-0.2, -0.15) is 0 Å². The van der Waals surface area contributed by atoms with E-state index in [2.05, 4.69) is 11.8 Å². The zero-order valence-electron chi connectivity index (χ0n) is 11.1. The van der Waals surface area contributed by atoms with Crippen molar-refractivity contribution in [3.8, 4) is 17.6 Å². The van der Waals surface area contributed by atoms with E-state index < -0.39 is 9.84 Å². The van der Waals surface area contributed by atoms with Gasteiger partial charge in [-0.1, -0.05) is 17.9 Å². The van der Waals surface area contributed by atoms with Gasteiger partial charge in [-0.3, -0.25) is 0 Å². The number of hydrogen-bond donors (Lipinski definition) is 0. The Kier molecular flexibility index (Phi) is 6.20. The number of aryl methyl sites for hydroxylation is 1. The summed E-state index contributed by atoms with van der Waals surface area (Å²) in [7, 11) is -3.01. The molecule has 0 heterocycles. The Balaban J connectivity index is 2.80. The van der Waals surface area contributed by atoms with Gasteiger partial charge in [0.05, 0.1) is 11.3 Å². The van der Waals surface area contributed by atoms with E-state index in [-0.39, 0.29) is 12.4 Å². The van der Waals surface area contributed by atoms with E-state index in [1.165, 1.54) is 6.26 Å². The Hall–Kier alpha value is -1.18. The van der Waals surface area contributed by atoms with Gasteiger partial charge in [0.15, 0.2) is 9.84 Å². The number of halogens is 1. The Labute approximate surface area is 119 Å². The second-order valence-electron chi connectivity index (χ2n) is 4.22. The Morgan fingerprint density at radius 3 is 2.74 bits per heavy atom. The van der Waals surface area contributed by atoms with Crippen LogP contribution in [0, 0.1) is 18.8 Å². The number of benzene rings is 1. The van der Waals surface area contributed by atoms with Gasteiger partial charge in [-0.15, -0.1) is 11.6 Å². The van der Waals surface area contributed by atoms with Gasteiger partial charge in [0.2, 0.25) is 0 Å². The van der Waals surface area contributed by atoms with Gasteiger partial charge in [-0.25, -0.2) is 8.42 Å². The molecule has 0 unspecified atom stereocenters. The molecule has 3 nitrogen and oxygen atoms in total. The highest BCUT2D eigenvalue weighted by molar-refractivity contribution is 7.90. The summed E-state index contributed by atoms with van der Waals surface area (Å²) < 4.78 is 27.6. The maximum atomic E-state index is 11.0. The van der Waals surface area contributed by atoms with E-state index in [4.69, 9.17) is 16.3 Å². The van der Waals surface area contributed by atoms with Gasteiger partial charge in [-0.05, 0) is 24.6 Å². The highest BCUT2D eigenvalue weighted by Gasteiger charge is 2.05. The molecule has 0 bridgehead atoms. The molecule has 0 radical (unpaired) electrons. The first-order valence-electron chi connectivity index (χ1n) is 5.88. The van der Waals surface area contributed by atoms with Crippen molar-refractivity contribution in [1.82, 2.24) is 0 Å². The molecule has 1 rings (SSSR count). The first-order valence-corrected chi connectivity index (χ1v) is 8.48. The maximum Gasteiger partial charge on any atom is 0.150 e. The second-order valence-corrected chi connectivity index (χ2v) is 6.86. The number of ether oxygens (including phenoxy) is 1. The summed E-state index contributed by atoms with van der Waals surface area (Å²) in [5, 5.41) is 0. The van der Waals surface area contributed by atoms with Crippen LogP contribution in [0.4, 0.5) is 0 Å². The van der Waals surface area contributed by atoms with Crippen molar-refractivity contribution in [2.24, 2.45) is 0 Å². The van der Waals surface area contributed by atoms with E-state index in [1.807, 2.05) is 25.1 Å². The van der Waals surface area contributed by atoms with Gasteiger partial charge < -0.3 is 4.74 Å². The third-order valence-electron chi connectivity index (χ3n) is 2.29. The summed E-state index contributed by atoms with van der Waals surface area (Å²) in [6.07, 6.45) is 1.80. The predicted octanol–water partition coefficient (Wildman–Crippen LogP) is 2.40. The summed E-state index contributed by atoms with van der Waals surface area (Å²) in [6, 6.07) is 5.63. The summed E-state index contributed by atoms with van der Waals surface area (Å²) in [6.45, 7) is 2.10. The van der Waals surface area contributed by atoms with Crippen molar-refractivity contribution in [1.29, 1.82) is 0 Å². The van der Waals surface area contributed by atoms with Gasteiger partial charge >= 0.3 is 0 Å². The van der Waals surface area contributed by atoms with Crippen LogP contribution >= 0.6 is 11.6 Å². The molecule has 104 valence electrons. The highest BCUT2D eigenvalue weighted by atomic mass is 35.5. The molecule has 1 aromatic rings. The summed E-state index contributed by atoms with van der Waals surface area (Å²) in [5.41, 5.74) is 1.84. The first kappa shape index (κ1) is 15.9. The van der Waals surface area contributed by atoms with Crippen molar-refractivity contribution < 1.29 is 13.2 Å². The lowest BCUT2D eigenvalue weighted by molar-refractivity contribution is 0.340. The molecule has 0 fully saturated rings. The molecule has 0 saturated heterocycles. The maximum absolute atomic E-state index is 11.0. The predicted molar refractivity (Wildman–Crippen MR) is 78.6 cm³/mol. The van der Waals surface area contributed by atoms with Crippen LogP contribution in [-0.4, -0.2) is 32.9 Å². The third-order valence-corrected chi connectivity index (χ3v) is 3.39. The van der Waals surface area contributed by atoms with E-state index in [9.17, 15) is 8.42 Å². The number of alkyl halides is 1. The van der Waals surface area contributed by atoms with E-state index in [0.717, 1.165) is 11.1 Å². The lowest BCUT2D eigenvalue weighted by atomic mass is 10.1.